The largest absolute Gasteiger partial charge is 0.376 e. The molecule has 156 valence electrons. The highest BCUT2D eigenvalue weighted by Crippen LogP contribution is 2.28. The van der Waals surface area contributed by atoms with Gasteiger partial charge in [0.2, 0.25) is 5.91 Å². The van der Waals surface area contributed by atoms with E-state index in [9.17, 15) is 9.59 Å². The molecular formula is C21H28N4O3S. The molecule has 0 spiro atoms. The number of carbonyl (C=O) groups excluding carboxylic acids is 2. The van der Waals surface area contributed by atoms with E-state index >= 15 is 0 Å². The van der Waals surface area contributed by atoms with E-state index in [1.165, 1.54) is 11.8 Å². The summed E-state index contributed by atoms with van der Waals surface area (Å²) in [5, 5.41) is 5.79. The number of imidazole rings is 1. The predicted molar refractivity (Wildman–Crippen MR) is 114 cm³/mol. The summed E-state index contributed by atoms with van der Waals surface area (Å²) < 4.78 is 7.92. The fourth-order valence-electron chi connectivity index (χ4n) is 3.12. The Morgan fingerprint density at radius 2 is 2.10 bits per heavy atom. The van der Waals surface area contributed by atoms with Crippen LogP contribution in [0.4, 0.5) is 4.79 Å². The smallest absolute Gasteiger partial charge is 0.321 e. The number of hydrogen-bond donors (Lipinski definition) is 2. The Morgan fingerprint density at radius 3 is 2.79 bits per heavy atom. The van der Waals surface area contributed by atoms with Gasteiger partial charge in [-0.3, -0.25) is 10.1 Å². The molecule has 7 nitrogen and oxygen atoms in total. The maximum absolute atomic E-state index is 12.1. The first kappa shape index (κ1) is 21.4. The van der Waals surface area contributed by atoms with Gasteiger partial charge in [-0.25, -0.2) is 9.78 Å². The number of rotatable bonds is 8. The van der Waals surface area contributed by atoms with E-state index in [0.29, 0.717) is 19.0 Å². The van der Waals surface area contributed by atoms with Crippen LogP contribution in [0.25, 0.3) is 11.3 Å². The zero-order chi connectivity index (χ0) is 20.6. The van der Waals surface area contributed by atoms with Gasteiger partial charge >= 0.3 is 6.03 Å². The van der Waals surface area contributed by atoms with E-state index in [4.69, 9.17) is 4.74 Å². The van der Waals surface area contributed by atoms with Gasteiger partial charge in [0.15, 0.2) is 5.16 Å². The van der Waals surface area contributed by atoms with Crippen molar-refractivity contribution in [1.82, 2.24) is 20.2 Å². The summed E-state index contributed by atoms with van der Waals surface area (Å²) in [7, 11) is 0. The fraction of sp³-hybridized carbons (Fsp3) is 0.476. The minimum Gasteiger partial charge on any atom is -0.376 e. The van der Waals surface area contributed by atoms with E-state index in [1.807, 2.05) is 50.4 Å². The molecule has 0 bridgehead atoms. The van der Waals surface area contributed by atoms with Crippen LogP contribution in [0.5, 0.6) is 0 Å². The topological polar surface area (TPSA) is 85.3 Å². The number of urea groups is 1. The number of benzene rings is 1. The van der Waals surface area contributed by atoms with Crippen molar-refractivity contribution in [3.63, 3.8) is 0 Å². The number of nitrogens with one attached hydrogen (secondary N) is 2. The first-order chi connectivity index (χ1) is 14.0. The molecule has 2 heterocycles. The third-order valence-corrected chi connectivity index (χ3v) is 5.55. The highest BCUT2D eigenvalue weighted by atomic mass is 32.2. The van der Waals surface area contributed by atoms with Crippen LogP contribution in [-0.4, -0.2) is 46.5 Å². The lowest BCUT2D eigenvalue weighted by atomic mass is 10.1. The summed E-state index contributed by atoms with van der Waals surface area (Å²) in [4.78, 5) is 28.5. The molecule has 3 rings (SSSR count). The molecule has 1 aliphatic rings. The lowest BCUT2D eigenvalue weighted by Crippen LogP contribution is -2.41. The van der Waals surface area contributed by atoms with Crippen molar-refractivity contribution in [2.75, 3.05) is 18.9 Å². The molecule has 1 aliphatic heterocycles. The van der Waals surface area contributed by atoms with E-state index in [-0.39, 0.29) is 17.8 Å². The highest BCUT2D eigenvalue weighted by Gasteiger charge is 2.21. The summed E-state index contributed by atoms with van der Waals surface area (Å²) in [6.07, 6.45) is 4.07. The van der Waals surface area contributed by atoms with Gasteiger partial charge in [-0.15, -0.1) is 0 Å². The Hall–Kier alpha value is -2.32. The third kappa shape index (κ3) is 6.33. The maximum atomic E-state index is 12.1. The van der Waals surface area contributed by atoms with Crippen LogP contribution in [0.15, 0.2) is 41.7 Å². The molecule has 1 atom stereocenters. The summed E-state index contributed by atoms with van der Waals surface area (Å²) in [6.45, 7) is 6.00. The molecular weight excluding hydrogens is 388 g/mol. The van der Waals surface area contributed by atoms with Gasteiger partial charge in [0, 0.05) is 13.2 Å². The molecule has 1 saturated heterocycles. The van der Waals surface area contributed by atoms with Crippen molar-refractivity contribution in [2.24, 2.45) is 5.92 Å². The number of aromatic nitrogens is 2. The summed E-state index contributed by atoms with van der Waals surface area (Å²) in [5.41, 5.74) is 2.07. The number of thioether (sulfide) groups is 1. The third-order valence-electron chi connectivity index (χ3n) is 4.55. The van der Waals surface area contributed by atoms with Crippen molar-refractivity contribution in [3.05, 3.63) is 36.5 Å². The van der Waals surface area contributed by atoms with Crippen LogP contribution >= 0.6 is 11.8 Å². The highest BCUT2D eigenvalue weighted by molar-refractivity contribution is 7.99. The summed E-state index contributed by atoms with van der Waals surface area (Å²) in [6, 6.07) is 9.60. The molecule has 1 aromatic heterocycles. The lowest BCUT2D eigenvalue weighted by Gasteiger charge is -2.16. The molecule has 29 heavy (non-hydrogen) atoms. The van der Waals surface area contributed by atoms with Crippen molar-refractivity contribution < 1.29 is 14.3 Å². The van der Waals surface area contributed by atoms with Gasteiger partial charge in [-0.2, -0.15) is 0 Å². The molecule has 8 heteroatoms. The first-order valence-corrected chi connectivity index (χ1v) is 10.9. The zero-order valence-electron chi connectivity index (χ0n) is 16.9. The minimum atomic E-state index is -0.461. The molecule has 0 radical (unpaired) electrons. The Labute approximate surface area is 175 Å². The van der Waals surface area contributed by atoms with Gasteiger partial charge < -0.3 is 14.6 Å². The van der Waals surface area contributed by atoms with Crippen LogP contribution in [0.2, 0.25) is 0 Å². The van der Waals surface area contributed by atoms with E-state index in [0.717, 1.165) is 35.9 Å². The van der Waals surface area contributed by atoms with Gasteiger partial charge in [-0.1, -0.05) is 55.9 Å². The van der Waals surface area contributed by atoms with E-state index < -0.39 is 6.03 Å². The van der Waals surface area contributed by atoms with Crippen molar-refractivity contribution >= 4 is 23.7 Å². The Morgan fingerprint density at radius 1 is 1.31 bits per heavy atom. The number of ether oxygens (including phenoxy) is 1. The minimum absolute atomic E-state index is 0.117. The fourth-order valence-corrected chi connectivity index (χ4v) is 3.90. The first-order valence-electron chi connectivity index (χ1n) is 9.96. The molecule has 1 unspecified atom stereocenters. The number of imide groups is 1. The molecule has 1 fully saturated rings. The second-order valence-electron chi connectivity index (χ2n) is 7.48. The number of amides is 3. The summed E-state index contributed by atoms with van der Waals surface area (Å²) >= 11 is 1.32. The maximum Gasteiger partial charge on any atom is 0.321 e. The van der Waals surface area contributed by atoms with Crippen LogP contribution in [0, 0.1) is 5.92 Å². The number of nitrogens with zero attached hydrogens (tertiary/aromatic N) is 2. The van der Waals surface area contributed by atoms with Crippen molar-refractivity contribution in [3.8, 4) is 11.3 Å². The van der Waals surface area contributed by atoms with Crippen molar-refractivity contribution in [1.29, 1.82) is 0 Å². The molecule has 1 aromatic carbocycles. The quantitative estimate of drug-likeness (QED) is 0.645. The monoisotopic (exact) mass is 416 g/mol. The normalized spacial score (nSPS) is 16.2. The van der Waals surface area contributed by atoms with Crippen LogP contribution < -0.4 is 10.6 Å². The van der Waals surface area contributed by atoms with E-state index in [2.05, 4.69) is 20.2 Å². The molecule has 2 aromatic rings. The Bertz CT molecular complexity index is 817. The second kappa shape index (κ2) is 10.5. The number of carbonyl (C=O) groups is 2. The average molecular weight is 417 g/mol. The molecule has 0 saturated carbocycles. The average Bonchev–Trinajstić information content (AvgIpc) is 3.36. The van der Waals surface area contributed by atoms with Crippen LogP contribution in [-0.2, 0) is 16.1 Å². The Balaban J connectivity index is 1.66. The van der Waals surface area contributed by atoms with Gasteiger partial charge in [0.05, 0.1) is 30.3 Å². The van der Waals surface area contributed by atoms with Crippen LogP contribution in [0.3, 0.4) is 0 Å². The van der Waals surface area contributed by atoms with E-state index in [1.54, 1.807) is 0 Å². The van der Waals surface area contributed by atoms with Crippen LogP contribution in [0.1, 0.15) is 26.7 Å². The molecule has 0 aliphatic carbocycles. The zero-order valence-corrected chi connectivity index (χ0v) is 17.7. The Kier molecular flexibility index (Phi) is 7.71. The van der Waals surface area contributed by atoms with Crippen molar-refractivity contribution in [2.45, 2.75) is 44.5 Å². The molecule has 2 N–H and O–H groups in total. The second-order valence-corrected chi connectivity index (χ2v) is 8.42. The lowest BCUT2D eigenvalue weighted by molar-refractivity contribution is -0.117. The number of hydrogen-bond acceptors (Lipinski definition) is 5. The van der Waals surface area contributed by atoms with Gasteiger partial charge in [0.1, 0.15) is 0 Å². The SMILES string of the molecule is CC(C)CNC(=O)NC(=O)CSc1ncc(-c2ccccc2)n1CC1CCCO1. The summed E-state index contributed by atoms with van der Waals surface area (Å²) in [5.74, 6) is 0.0994. The molecule has 3 amide bonds. The van der Waals surface area contributed by atoms with Gasteiger partial charge in [-0.05, 0) is 24.3 Å². The standard InChI is InChI=1S/C21H28N4O3S/c1-15(2)11-22-20(27)24-19(26)14-29-21-23-12-18(16-7-4-3-5-8-16)25(21)13-17-9-6-10-28-17/h3-5,7-8,12,15,17H,6,9-11,13-14H2,1-2H3,(H2,22,24,26,27). The van der Waals surface area contributed by atoms with Gasteiger partial charge in [0.25, 0.3) is 0 Å². The predicted octanol–water partition coefficient (Wildman–Crippen LogP) is 3.30.